The Morgan fingerprint density at radius 2 is 2.00 bits per heavy atom. The lowest BCUT2D eigenvalue weighted by Gasteiger charge is -2.40. The quantitative estimate of drug-likeness (QED) is 0.758. The van der Waals surface area contributed by atoms with E-state index in [1.165, 1.54) is 11.1 Å². The number of Topliss-reactive ketones (excluding diaryl/α,β-unsaturated/α-hetero) is 1. The number of urea groups is 1. The van der Waals surface area contributed by atoms with Crippen molar-refractivity contribution in [1.29, 1.82) is 0 Å². The minimum Gasteiger partial charge on any atom is -0.487 e. The highest BCUT2D eigenvalue weighted by atomic mass is 16.5. The van der Waals surface area contributed by atoms with Gasteiger partial charge in [-0.3, -0.25) is 4.79 Å². The number of amides is 2. The summed E-state index contributed by atoms with van der Waals surface area (Å²) in [5.74, 6) is 0.604. The molecule has 30 heavy (non-hydrogen) atoms. The van der Waals surface area contributed by atoms with Crippen LogP contribution >= 0.6 is 0 Å². The minimum atomic E-state index is -0.505. The Labute approximate surface area is 176 Å². The summed E-state index contributed by atoms with van der Waals surface area (Å²) in [6, 6.07) is 13.3. The van der Waals surface area contributed by atoms with Gasteiger partial charge in [0.15, 0.2) is 5.78 Å². The second-order valence-electron chi connectivity index (χ2n) is 9.07. The third kappa shape index (κ3) is 3.25. The van der Waals surface area contributed by atoms with E-state index in [-0.39, 0.29) is 11.8 Å². The zero-order valence-corrected chi connectivity index (χ0v) is 17.4. The highest BCUT2D eigenvalue weighted by Crippen LogP contribution is 2.43. The molecule has 0 saturated carbocycles. The zero-order chi connectivity index (χ0) is 20.9. The number of hydrogen-bond acceptors (Lipinski definition) is 4. The van der Waals surface area contributed by atoms with Gasteiger partial charge in [-0.25, -0.2) is 4.79 Å². The number of rotatable bonds is 1. The number of anilines is 1. The third-order valence-electron chi connectivity index (χ3n) is 6.26. The van der Waals surface area contributed by atoms with E-state index in [4.69, 9.17) is 9.47 Å². The van der Waals surface area contributed by atoms with Crippen LogP contribution in [-0.2, 0) is 16.9 Å². The van der Waals surface area contributed by atoms with Crippen LogP contribution in [0.5, 0.6) is 5.75 Å². The molecule has 0 aromatic heterocycles. The van der Waals surface area contributed by atoms with E-state index >= 15 is 0 Å². The molecule has 3 heterocycles. The van der Waals surface area contributed by atoms with Gasteiger partial charge in [0.2, 0.25) is 0 Å². The molecule has 6 heteroatoms. The van der Waals surface area contributed by atoms with E-state index in [1.807, 2.05) is 30.9 Å². The number of nitrogens with zero attached hydrogens (tertiary/aromatic N) is 1. The Morgan fingerprint density at radius 1 is 1.17 bits per heavy atom. The summed E-state index contributed by atoms with van der Waals surface area (Å²) in [5.41, 5.74) is 2.60. The molecular weight excluding hydrogens is 380 g/mol. The largest absolute Gasteiger partial charge is 0.487 e. The number of piperidine rings is 1. The summed E-state index contributed by atoms with van der Waals surface area (Å²) < 4.78 is 12.1. The van der Waals surface area contributed by atoms with Gasteiger partial charge in [-0.1, -0.05) is 24.3 Å². The maximum absolute atomic E-state index is 13.0. The molecule has 156 valence electrons. The van der Waals surface area contributed by atoms with Gasteiger partial charge in [-0.05, 0) is 56.0 Å². The van der Waals surface area contributed by atoms with Crippen molar-refractivity contribution in [3.63, 3.8) is 0 Å². The molecule has 1 atom stereocenters. The predicted octanol–water partition coefficient (Wildman–Crippen LogP) is 4.48. The van der Waals surface area contributed by atoms with E-state index in [0.717, 1.165) is 12.8 Å². The fourth-order valence-corrected chi connectivity index (χ4v) is 4.85. The molecule has 0 aliphatic carbocycles. The van der Waals surface area contributed by atoms with Crippen molar-refractivity contribution >= 4 is 17.5 Å². The van der Waals surface area contributed by atoms with Crippen LogP contribution in [0.15, 0.2) is 42.5 Å². The van der Waals surface area contributed by atoms with Crippen LogP contribution in [0.1, 0.15) is 54.6 Å². The Bertz CT molecular complexity index is 1030. The number of nitrogens with one attached hydrogen (secondary N) is 1. The summed E-state index contributed by atoms with van der Waals surface area (Å²) in [4.78, 5) is 27.3. The highest BCUT2D eigenvalue weighted by Gasteiger charge is 2.44. The van der Waals surface area contributed by atoms with Gasteiger partial charge in [0.1, 0.15) is 17.0 Å². The standard InChI is InChI=1S/C24H26N2O4/c1-23(2)13-20(27)18-12-17(8-9-21(18)30-23)25-22(28)26-11-5-10-24(15-26)19-7-4-3-6-16(19)14-29-24/h3-4,6-9,12H,5,10-11,13-15H2,1-2H3,(H,25,28). The molecule has 1 N–H and O–H groups in total. The van der Waals surface area contributed by atoms with E-state index in [2.05, 4.69) is 17.4 Å². The van der Waals surface area contributed by atoms with Gasteiger partial charge in [-0.2, -0.15) is 0 Å². The van der Waals surface area contributed by atoms with Gasteiger partial charge < -0.3 is 19.7 Å². The van der Waals surface area contributed by atoms with E-state index < -0.39 is 11.2 Å². The molecule has 1 unspecified atom stereocenters. The summed E-state index contributed by atoms with van der Waals surface area (Å²) in [5, 5.41) is 2.96. The molecule has 0 bridgehead atoms. The summed E-state index contributed by atoms with van der Waals surface area (Å²) in [7, 11) is 0. The molecule has 3 aliphatic rings. The lowest BCUT2D eigenvalue weighted by atomic mass is 9.85. The van der Waals surface area contributed by atoms with Crippen LogP contribution in [0.3, 0.4) is 0 Å². The molecule has 3 aliphatic heterocycles. The maximum Gasteiger partial charge on any atom is 0.321 e. The number of carbonyl (C=O) groups is 2. The number of benzene rings is 2. The molecule has 2 aromatic rings. The molecule has 0 radical (unpaired) electrons. The average Bonchev–Trinajstić information content (AvgIpc) is 3.06. The number of carbonyl (C=O) groups excluding carboxylic acids is 2. The van der Waals surface area contributed by atoms with Crippen molar-refractivity contribution in [2.24, 2.45) is 0 Å². The van der Waals surface area contributed by atoms with E-state index in [1.54, 1.807) is 18.2 Å². The fourth-order valence-electron chi connectivity index (χ4n) is 4.85. The van der Waals surface area contributed by atoms with Crippen LogP contribution in [0.4, 0.5) is 10.5 Å². The summed E-state index contributed by atoms with van der Waals surface area (Å²) >= 11 is 0. The monoisotopic (exact) mass is 406 g/mol. The Balaban J connectivity index is 1.33. The van der Waals surface area contributed by atoms with Crippen LogP contribution in [0, 0.1) is 0 Å². The van der Waals surface area contributed by atoms with Crippen molar-refractivity contribution in [3.05, 3.63) is 59.2 Å². The normalized spacial score (nSPS) is 24.2. The molecule has 6 nitrogen and oxygen atoms in total. The summed E-state index contributed by atoms with van der Waals surface area (Å²) in [6.07, 6.45) is 2.12. The van der Waals surface area contributed by atoms with Gasteiger partial charge >= 0.3 is 6.03 Å². The predicted molar refractivity (Wildman–Crippen MR) is 113 cm³/mol. The van der Waals surface area contributed by atoms with Gasteiger partial charge in [-0.15, -0.1) is 0 Å². The second-order valence-corrected chi connectivity index (χ2v) is 9.07. The smallest absolute Gasteiger partial charge is 0.321 e. The molecule has 2 amide bonds. The summed E-state index contributed by atoms with van der Waals surface area (Å²) in [6.45, 7) is 5.60. The number of fused-ring (bicyclic) bond motifs is 3. The van der Waals surface area contributed by atoms with Gasteiger partial charge in [0, 0.05) is 12.2 Å². The lowest BCUT2D eigenvalue weighted by molar-refractivity contribution is -0.0755. The Morgan fingerprint density at radius 3 is 2.87 bits per heavy atom. The first-order valence-corrected chi connectivity index (χ1v) is 10.5. The zero-order valence-electron chi connectivity index (χ0n) is 17.4. The van der Waals surface area contributed by atoms with E-state index in [0.29, 0.717) is 43.1 Å². The van der Waals surface area contributed by atoms with Crippen LogP contribution in [0.25, 0.3) is 0 Å². The molecule has 1 fully saturated rings. The van der Waals surface area contributed by atoms with Crippen molar-refractivity contribution in [1.82, 2.24) is 4.90 Å². The van der Waals surface area contributed by atoms with Gasteiger partial charge in [0.05, 0.1) is 25.1 Å². The van der Waals surface area contributed by atoms with Crippen LogP contribution in [-0.4, -0.2) is 35.4 Å². The van der Waals surface area contributed by atoms with Crippen molar-refractivity contribution in [2.45, 2.75) is 50.9 Å². The number of ketones is 1. The molecule has 5 rings (SSSR count). The average molecular weight is 406 g/mol. The topological polar surface area (TPSA) is 67.9 Å². The number of likely N-dealkylation sites (tertiary alicyclic amines) is 1. The lowest BCUT2D eigenvalue weighted by Crippen LogP contribution is -2.49. The van der Waals surface area contributed by atoms with Gasteiger partial charge in [0.25, 0.3) is 0 Å². The molecule has 1 spiro atoms. The SMILES string of the molecule is CC1(C)CC(=O)c2cc(NC(=O)N3CCCC4(C3)OCc3ccccc34)ccc2O1. The number of hydrogen-bond donors (Lipinski definition) is 1. The van der Waals surface area contributed by atoms with Crippen molar-refractivity contribution < 1.29 is 19.1 Å². The first-order valence-electron chi connectivity index (χ1n) is 10.5. The molecule has 1 saturated heterocycles. The third-order valence-corrected chi connectivity index (χ3v) is 6.26. The first kappa shape index (κ1) is 19.1. The van der Waals surface area contributed by atoms with Crippen molar-refractivity contribution in [2.75, 3.05) is 18.4 Å². The highest BCUT2D eigenvalue weighted by molar-refractivity contribution is 6.02. The molecular formula is C24H26N2O4. The Kier molecular flexibility index (Phi) is 4.36. The van der Waals surface area contributed by atoms with Crippen molar-refractivity contribution in [3.8, 4) is 5.75 Å². The van der Waals surface area contributed by atoms with Crippen LogP contribution in [0.2, 0.25) is 0 Å². The van der Waals surface area contributed by atoms with E-state index in [9.17, 15) is 9.59 Å². The maximum atomic E-state index is 13.0. The molecule has 2 aromatic carbocycles. The second kappa shape index (κ2) is 6.84. The minimum absolute atomic E-state index is 0.0326. The first-order chi connectivity index (χ1) is 14.4. The van der Waals surface area contributed by atoms with Crippen LogP contribution < -0.4 is 10.1 Å². The number of ether oxygens (including phenoxy) is 2. The Hall–Kier alpha value is -2.86. The fraction of sp³-hybridized carbons (Fsp3) is 0.417.